The molecular formula is C34H28Br2N2O7. The summed E-state index contributed by atoms with van der Waals surface area (Å²) < 4.78 is 12.7. The lowest BCUT2D eigenvalue weighted by molar-refractivity contribution is -0.126. The molecule has 1 N–H and O–H groups in total. The van der Waals surface area contributed by atoms with Crippen LogP contribution in [0.25, 0.3) is 0 Å². The van der Waals surface area contributed by atoms with Crippen LogP contribution in [0.2, 0.25) is 0 Å². The number of carbonyl (C=O) groups excluding carboxylic acids is 4. The van der Waals surface area contributed by atoms with Crippen molar-refractivity contribution in [1.82, 2.24) is 0 Å². The second-order valence-electron chi connectivity index (χ2n) is 11.8. The Kier molecular flexibility index (Phi) is 7.36. The molecule has 9 nitrogen and oxygen atoms in total. The Hall–Kier alpha value is -3.96. The van der Waals surface area contributed by atoms with Crippen LogP contribution >= 0.6 is 31.9 Å². The fraction of sp³-hybridized carbons (Fsp3) is 0.294. The molecule has 7 rings (SSSR count). The highest BCUT2D eigenvalue weighted by molar-refractivity contribution is 9.10. The van der Waals surface area contributed by atoms with Gasteiger partial charge in [0.2, 0.25) is 23.6 Å². The van der Waals surface area contributed by atoms with Gasteiger partial charge < -0.3 is 14.6 Å². The molecule has 2 saturated heterocycles. The van der Waals surface area contributed by atoms with Crippen LogP contribution in [0.1, 0.15) is 24.3 Å². The van der Waals surface area contributed by atoms with E-state index in [-0.39, 0.29) is 35.8 Å². The summed E-state index contributed by atoms with van der Waals surface area (Å²) in [5.41, 5.74) is 2.03. The Morgan fingerprint density at radius 1 is 0.711 bits per heavy atom. The number of benzene rings is 3. The highest BCUT2D eigenvalue weighted by Crippen LogP contribution is 2.60. The number of nitrogens with zero attached hydrogens (tertiary/aromatic N) is 2. The van der Waals surface area contributed by atoms with Gasteiger partial charge in [-0.15, -0.1) is 0 Å². The smallest absolute Gasteiger partial charge is 0.238 e. The number of imide groups is 2. The fourth-order valence-electron chi connectivity index (χ4n) is 7.79. The van der Waals surface area contributed by atoms with E-state index in [2.05, 4.69) is 31.9 Å². The van der Waals surface area contributed by atoms with Gasteiger partial charge in [0, 0.05) is 32.6 Å². The summed E-state index contributed by atoms with van der Waals surface area (Å²) in [6, 6.07) is 17.0. The molecule has 1 saturated carbocycles. The molecule has 11 heteroatoms. The van der Waals surface area contributed by atoms with E-state index in [1.165, 1.54) is 30.1 Å². The lowest BCUT2D eigenvalue weighted by Crippen LogP contribution is -2.43. The molecule has 2 aliphatic heterocycles. The van der Waals surface area contributed by atoms with Crippen molar-refractivity contribution < 1.29 is 33.8 Å². The first-order chi connectivity index (χ1) is 21.6. The summed E-state index contributed by atoms with van der Waals surface area (Å²) in [6.07, 6.45) is 2.45. The molecule has 0 bridgehead atoms. The van der Waals surface area contributed by atoms with E-state index < -0.39 is 35.5 Å². The van der Waals surface area contributed by atoms with Gasteiger partial charge in [0.15, 0.2) is 0 Å². The number of phenolic OH excluding ortho intramolecular Hbond substituents is 1. The molecule has 3 fully saturated rings. The van der Waals surface area contributed by atoms with Crippen LogP contribution in [-0.4, -0.2) is 43.0 Å². The molecule has 0 radical (unpaired) electrons. The summed E-state index contributed by atoms with van der Waals surface area (Å²) in [7, 11) is 2.94. The van der Waals surface area contributed by atoms with Gasteiger partial charge in [-0.2, -0.15) is 0 Å². The number of hydrogen-bond acceptors (Lipinski definition) is 7. The van der Waals surface area contributed by atoms with Crippen LogP contribution < -0.4 is 19.3 Å². The number of amides is 4. The predicted octanol–water partition coefficient (Wildman–Crippen LogP) is 5.98. The standard InChI is InChI=1S/C34H28Br2N2O7/c1-44-20-13-25(39)30(26(14-20)45-2)28-21-11-12-22-27(33(42)37(31(22)40)18-7-3-16(35)4-8-18)23(21)15-24-29(28)34(43)38(32(24)41)19-9-5-17(36)6-10-19/h3-11,13-14,22-24,27-29,39H,12,15H2,1-2H3. The lowest BCUT2D eigenvalue weighted by Gasteiger charge is -2.44. The predicted molar refractivity (Wildman–Crippen MR) is 172 cm³/mol. The van der Waals surface area contributed by atoms with E-state index >= 15 is 0 Å². The maximum Gasteiger partial charge on any atom is 0.238 e. The van der Waals surface area contributed by atoms with Crippen LogP contribution in [0.3, 0.4) is 0 Å². The van der Waals surface area contributed by atoms with E-state index in [0.29, 0.717) is 34.9 Å². The topological polar surface area (TPSA) is 113 Å². The number of fused-ring (bicyclic) bond motifs is 4. The molecule has 2 heterocycles. The van der Waals surface area contributed by atoms with Gasteiger partial charge >= 0.3 is 0 Å². The number of allylic oxidation sites excluding steroid dienone is 2. The van der Waals surface area contributed by atoms with Crippen LogP contribution in [0.4, 0.5) is 11.4 Å². The highest BCUT2D eigenvalue weighted by atomic mass is 79.9. The molecule has 2 aliphatic carbocycles. The number of rotatable bonds is 5. The maximum absolute atomic E-state index is 14.3. The molecule has 3 aromatic rings. The maximum atomic E-state index is 14.3. The van der Waals surface area contributed by atoms with E-state index in [1.807, 2.05) is 6.08 Å². The lowest BCUT2D eigenvalue weighted by atomic mass is 9.57. The Balaban J connectivity index is 1.37. The molecule has 4 aliphatic rings. The largest absolute Gasteiger partial charge is 0.507 e. The van der Waals surface area contributed by atoms with Gasteiger partial charge in [0.25, 0.3) is 0 Å². The van der Waals surface area contributed by atoms with Gasteiger partial charge in [-0.3, -0.25) is 29.0 Å². The first-order valence-electron chi connectivity index (χ1n) is 14.6. The third-order valence-corrected chi connectivity index (χ3v) is 10.7. The quantitative estimate of drug-likeness (QED) is 0.254. The number of hydrogen-bond donors (Lipinski definition) is 1. The first-order valence-corrected chi connectivity index (χ1v) is 16.1. The molecule has 45 heavy (non-hydrogen) atoms. The Morgan fingerprint density at radius 2 is 1.27 bits per heavy atom. The Morgan fingerprint density at radius 3 is 1.82 bits per heavy atom. The Labute approximate surface area is 276 Å². The molecule has 0 aromatic heterocycles. The number of aromatic hydroxyl groups is 1. The number of anilines is 2. The Bertz CT molecular complexity index is 1790. The molecular weight excluding hydrogens is 708 g/mol. The molecule has 6 unspecified atom stereocenters. The monoisotopic (exact) mass is 734 g/mol. The summed E-state index contributed by atoms with van der Waals surface area (Å²) in [5, 5.41) is 11.4. The van der Waals surface area contributed by atoms with Crippen LogP contribution in [0.5, 0.6) is 17.2 Å². The zero-order chi connectivity index (χ0) is 31.7. The molecule has 0 spiro atoms. The fourth-order valence-corrected chi connectivity index (χ4v) is 8.31. The molecule has 230 valence electrons. The van der Waals surface area contributed by atoms with Gasteiger partial charge in [0.05, 0.1) is 49.3 Å². The van der Waals surface area contributed by atoms with E-state index in [4.69, 9.17) is 9.47 Å². The minimum absolute atomic E-state index is 0.147. The molecule has 4 amide bonds. The average Bonchev–Trinajstić information content (AvgIpc) is 3.44. The van der Waals surface area contributed by atoms with Gasteiger partial charge in [0.1, 0.15) is 17.2 Å². The van der Waals surface area contributed by atoms with E-state index in [1.54, 1.807) is 54.6 Å². The van der Waals surface area contributed by atoms with Gasteiger partial charge in [-0.25, -0.2) is 0 Å². The summed E-state index contributed by atoms with van der Waals surface area (Å²) in [6.45, 7) is 0. The number of ether oxygens (including phenoxy) is 2. The van der Waals surface area contributed by atoms with E-state index in [0.717, 1.165) is 14.5 Å². The van der Waals surface area contributed by atoms with Crippen molar-refractivity contribution in [3.8, 4) is 17.2 Å². The highest BCUT2D eigenvalue weighted by Gasteiger charge is 2.63. The van der Waals surface area contributed by atoms with Crippen LogP contribution in [0.15, 0.2) is 81.3 Å². The van der Waals surface area contributed by atoms with Gasteiger partial charge in [-0.05, 0) is 67.3 Å². The van der Waals surface area contributed by atoms with Crippen LogP contribution in [-0.2, 0) is 19.2 Å². The average molecular weight is 736 g/mol. The van der Waals surface area contributed by atoms with Crippen LogP contribution in [0, 0.1) is 29.6 Å². The minimum atomic E-state index is -0.858. The third kappa shape index (κ3) is 4.53. The van der Waals surface area contributed by atoms with E-state index in [9.17, 15) is 24.3 Å². The van der Waals surface area contributed by atoms with Crippen molar-refractivity contribution in [2.45, 2.75) is 18.8 Å². The summed E-state index contributed by atoms with van der Waals surface area (Å²) in [4.78, 5) is 58.9. The summed E-state index contributed by atoms with van der Waals surface area (Å²) in [5.74, 6) is -5.12. The first kappa shape index (κ1) is 29.7. The zero-order valence-corrected chi connectivity index (χ0v) is 27.4. The van der Waals surface area contributed by atoms with Crippen molar-refractivity contribution in [3.05, 3.63) is 86.8 Å². The molecule has 3 aromatic carbocycles. The number of phenols is 1. The van der Waals surface area contributed by atoms with Crippen molar-refractivity contribution in [3.63, 3.8) is 0 Å². The van der Waals surface area contributed by atoms with Crippen molar-refractivity contribution in [2.24, 2.45) is 29.6 Å². The second-order valence-corrected chi connectivity index (χ2v) is 13.6. The summed E-state index contributed by atoms with van der Waals surface area (Å²) >= 11 is 6.82. The van der Waals surface area contributed by atoms with Crippen molar-refractivity contribution in [1.29, 1.82) is 0 Å². The SMILES string of the molecule is COc1cc(O)c(C2C3=CCC4C(=O)N(c5ccc(Br)cc5)C(=O)C4C3CC3C(=O)N(c4ccc(Br)cc4)C(=O)C32)c(OC)c1. The number of methoxy groups -OCH3 is 2. The van der Waals surface area contributed by atoms with Crippen molar-refractivity contribution in [2.75, 3.05) is 24.0 Å². The second kappa shape index (κ2) is 11.1. The molecule has 6 atom stereocenters. The number of carbonyl (C=O) groups is 4. The third-order valence-electron chi connectivity index (χ3n) is 9.68. The minimum Gasteiger partial charge on any atom is -0.507 e. The van der Waals surface area contributed by atoms with Crippen molar-refractivity contribution >= 4 is 66.9 Å². The van der Waals surface area contributed by atoms with Gasteiger partial charge in [-0.1, -0.05) is 43.5 Å². The number of halogens is 2. The zero-order valence-electron chi connectivity index (χ0n) is 24.3. The normalized spacial score (nSPS) is 27.2.